The van der Waals surface area contributed by atoms with E-state index >= 15 is 0 Å². The van der Waals surface area contributed by atoms with Crippen molar-refractivity contribution < 1.29 is 0 Å². The normalized spacial score (nSPS) is 24.5. The first-order chi connectivity index (χ1) is 7.13. The van der Waals surface area contributed by atoms with Gasteiger partial charge in [-0.25, -0.2) is 0 Å². The molecule has 0 amide bonds. The van der Waals surface area contributed by atoms with E-state index < -0.39 is 0 Å². The zero-order valence-electron chi connectivity index (χ0n) is 10.6. The lowest BCUT2D eigenvalue weighted by molar-refractivity contribution is 0.337. The molecule has 2 heteroatoms. The molecule has 0 aromatic heterocycles. The molecular formula is C13H26N2. The first-order valence-corrected chi connectivity index (χ1v) is 6.19. The van der Waals surface area contributed by atoms with Crippen molar-refractivity contribution in [1.29, 1.82) is 0 Å². The second-order valence-electron chi connectivity index (χ2n) is 5.10. The third-order valence-electron chi connectivity index (χ3n) is 3.12. The van der Waals surface area contributed by atoms with Gasteiger partial charge in [0.1, 0.15) is 0 Å². The Hall–Kier alpha value is -0.340. The summed E-state index contributed by atoms with van der Waals surface area (Å²) < 4.78 is 0. The molecule has 0 heterocycles. The Labute approximate surface area is 94.7 Å². The highest BCUT2D eigenvalue weighted by Gasteiger charge is 2.32. The maximum atomic E-state index is 4.11. The van der Waals surface area contributed by atoms with Crippen molar-refractivity contribution in [3.8, 4) is 0 Å². The lowest BCUT2D eigenvalue weighted by Crippen LogP contribution is -2.28. The summed E-state index contributed by atoms with van der Waals surface area (Å²) in [6, 6.07) is 0. The fourth-order valence-electron chi connectivity index (χ4n) is 2.00. The molecular weight excluding hydrogens is 184 g/mol. The topological polar surface area (TPSA) is 15.3 Å². The minimum Gasteiger partial charge on any atom is -0.313 e. The monoisotopic (exact) mass is 210 g/mol. The van der Waals surface area contributed by atoms with Crippen molar-refractivity contribution in [2.24, 2.45) is 11.8 Å². The van der Waals surface area contributed by atoms with Gasteiger partial charge < -0.3 is 10.2 Å². The van der Waals surface area contributed by atoms with Crippen molar-refractivity contribution in [1.82, 2.24) is 10.2 Å². The van der Waals surface area contributed by atoms with Gasteiger partial charge in [-0.15, -0.1) is 0 Å². The molecule has 1 rings (SSSR count). The van der Waals surface area contributed by atoms with Crippen LogP contribution in [0.15, 0.2) is 12.2 Å². The van der Waals surface area contributed by atoms with E-state index in [1.165, 1.54) is 25.0 Å². The molecule has 1 fully saturated rings. The van der Waals surface area contributed by atoms with Crippen molar-refractivity contribution in [2.75, 3.05) is 33.2 Å². The third-order valence-corrected chi connectivity index (χ3v) is 3.12. The highest BCUT2D eigenvalue weighted by molar-refractivity contribution is 5.00. The highest BCUT2D eigenvalue weighted by atomic mass is 15.1. The Morgan fingerprint density at radius 3 is 2.73 bits per heavy atom. The molecule has 15 heavy (non-hydrogen) atoms. The van der Waals surface area contributed by atoms with Crippen molar-refractivity contribution >= 4 is 0 Å². The summed E-state index contributed by atoms with van der Waals surface area (Å²) in [6.07, 6.45) is 2.62. The van der Waals surface area contributed by atoms with Crippen LogP contribution in [0.1, 0.15) is 26.7 Å². The zero-order valence-corrected chi connectivity index (χ0v) is 10.6. The highest BCUT2D eigenvalue weighted by Crippen LogP contribution is 2.37. The van der Waals surface area contributed by atoms with E-state index in [1.807, 2.05) is 0 Å². The van der Waals surface area contributed by atoms with Gasteiger partial charge >= 0.3 is 0 Å². The van der Waals surface area contributed by atoms with Crippen LogP contribution in [0, 0.1) is 11.8 Å². The number of hydrogen-bond donors (Lipinski definition) is 1. The molecule has 1 aliphatic carbocycles. The molecule has 1 aliphatic rings. The van der Waals surface area contributed by atoms with Gasteiger partial charge in [-0.2, -0.15) is 0 Å². The van der Waals surface area contributed by atoms with Crippen LogP contribution in [0.2, 0.25) is 0 Å². The lowest BCUT2D eigenvalue weighted by Gasteiger charge is -2.18. The van der Waals surface area contributed by atoms with Crippen LogP contribution in [0.25, 0.3) is 0 Å². The molecule has 1 saturated carbocycles. The Balaban J connectivity index is 2.03. The number of nitrogens with one attached hydrogen (secondary N) is 1. The molecule has 2 nitrogen and oxygen atoms in total. The number of hydrogen-bond acceptors (Lipinski definition) is 2. The van der Waals surface area contributed by atoms with E-state index in [2.05, 4.69) is 37.7 Å². The van der Waals surface area contributed by atoms with Crippen LogP contribution < -0.4 is 5.32 Å². The third kappa shape index (κ3) is 5.33. The molecule has 0 spiro atoms. The van der Waals surface area contributed by atoms with E-state index in [4.69, 9.17) is 0 Å². The Morgan fingerprint density at radius 1 is 1.53 bits per heavy atom. The van der Waals surface area contributed by atoms with E-state index in [-0.39, 0.29) is 0 Å². The van der Waals surface area contributed by atoms with E-state index in [9.17, 15) is 0 Å². The molecule has 0 bridgehead atoms. The van der Waals surface area contributed by atoms with Gasteiger partial charge in [0.2, 0.25) is 0 Å². The Kier molecular flexibility index (Phi) is 5.34. The van der Waals surface area contributed by atoms with Crippen LogP contribution in [0.4, 0.5) is 0 Å². The molecule has 2 unspecified atom stereocenters. The quantitative estimate of drug-likeness (QED) is 0.488. The Morgan fingerprint density at radius 2 is 2.20 bits per heavy atom. The summed E-state index contributed by atoms with van der Waals surface area (Å²) in [5, 5.41) is 3.39. The van der Waals surface area contributed by atoms with Crippen LogP contribution >= 0.6 is 0 Å². The van der Waals surface area contributed by atoms with E-state index in [0.29, 0.717) is 0 Å². The average Bonchev–Trinajstić information content (AvgIpc) is 2.81. The van der Waals surface area contributed by atoms with Gasteiger partial charge in [0.25, 0.3) is 0 Å². The largest absolute Gasteiger partial charge is 0.313 e. The van der Waals surface area contributed by atoms with Crippen molar-refractivity contribution in [3.05, 3.63) is 12.2 Å². The predicted octanol–water partition coefficient (Wildman–Crippen LogP) is 2.13. The molecule has 0 saturated heterocycles. The van der Waals surface area contributed by atoms with E-state index in [0.717, 1.165) is 31.5 Å². The first-order valence-electron chi connectivity index (χ1n) is 6.19. The molecule has 2 atom stereocenters. The van der Waals surface area contributed by atoms with Crippen LogP contribution in [0.5, 0.6) is 0 Å². The number of likely N-dealkylation sites (N-methyl/N-ethyl adjacent to an activating group) is 1. The van der Waals surface area contributed by atoms with Crippen LogP contribution in [0.3, 0.4) is 0 Å². The minimum absolute atomic E-state index is 0.950. The van der Waals surface area contributed by atoms with Crippen LogP contribution in [-0.2, 0) is 0 Å². The van der Waals surface area contributed by atoms with Crippen LogP contribution in [-0.4, -0.2) is 38.1 Å². The second kappa shape index (κ2) is 6.29. The Bertz CT molecular complexity index is 201. The smallest absolute Gasteiger partial charge is 0.0199 e. The summed E-state index contributed by atoms with van der Waals surface area (Å²) in [5.74, 6) is 1.91. The number of nitrogens with zero attached hydrogens (tertiary/aromatic N) is 1. The fraction of sp³-hybridized carbons (Fsp3) is 0.846. The second-order valence-corrected chi connectivity index (χ2v) is 5.10. The van der Waals surface area contributed by atoms with Gasteiger partial charge in [-0.1, -0.05) is 20.4 Å². The van der Waals surface area contributed by atoms with Gasteiger partial charge in [-0.3, -0.25) is 0 Å². The minimum atomic E-state index is 0.950. The zero-order chi connectivity index (χ0) is 11.3. The maximum absolute atomic E-state index is 4.11. The molecule has 0 aliphatic heterocycles. The van der Waals surface area contributed by atoms with E-state index in [1.54, 1.807) is 0 Å². The average molecular weight is 210 g/mol. The molecule has 1 N–H and O–H groups in total. The molecule has 88 valence electrons. The summed E-state index contributed by atoms with van der Waals surface area (Å²) in [4.78, 5) is 2.41. The number of rotatable bonds is 8. The molecule has 0 aromatic carbocycles. The molecule has 0 aromatic rings. The summed E-state index contributed by atoms with van der Waals surface area (Å²) in [6.45, 7) is 13.0. The van der Waals surface area contributed by atoms with Gasteiger partial charge in [0.15, 0.2) is 0 Å². The van der Waals surface area contributed by atoms with Crippen molar-refractivity contribution in [2.45, 2.75) is 26.7 Å². The van der Waals surface area contributed by atoms with Gasteiger partial charge in [-0.05, 0) is 43.8 Å². The van der Waals surface area contributed by atoms with Crippen molar-refractivity contribution in [3.63, 3.8) is 0 Å². The fourth-order valence-corrected chi connectivity index (χ4v) is 2.00. The lowest BCUT2D eigenvalue weighted by atomic mass is 10.2. The predicted molar refractivity (Wildman–Crippen MR) is 67.1 cm³/mol. The summed E-state index contributed by atoms with van der Waals surface area (Å²) in [7, 11) is 2.20. The maximum Gasteiger partial charge on any atom is 0.0199 e. The summed E-state index contributed by atoms with van der Waals surface area (Å²) in [5.41, 5.74) is 1.30. The van der Waals surface area contributed by atoms with Gasteiger partial charge in [0, 0.05) is 19.6 Å². The molecule has 0 radical (unpaired) electrons. The first kappa shape index (κ1) is 12.7. The SMILES string of the molecule is C=C(CNCCC)CN(C)CC1CC1C. The standard InChI is InChI=1S/C13H26N2/c1-5-6-14-8-11(2)9-15(4)10-13-7-12(13)3/h12-14H,2,5-10H2,1,3-4H3. The summed E-state index contributed by atoms with van der Waals surface area (Å²) >= 11 is 0. The van der Waals surface area contributed by atoms with Gasteiger partial charge in [0.05, 0.1) is 0 Å².